The van der Waals surface area contributed by atoms with E-state index in [1.807, 2.05) is 18.2 Å². The lowest BCUT2D eigenvalue weighted by atomic mass is 10.1. The highest BCUT2D eigenvalue weighted by atomic mass is 16.5. The van der Waals surface area contributed by atoms with E-state index in [0.717, 1.165) is 24.7 Å². The summed E-state index contributed by atoms with van der Waals surface area (Å²) in [6.45, 7) is 12.3. The predicted molar refractivity (Wildman–Crippen MR) is 142 cm³/mol. The van der Waals surface area contributed by atoms with Crippen LogP contribution in [-0.4, -0.2) is 37.9 Å². The zero-order valence-electron chi connectivity index (χ0n) is 21.6. The van der Waals surface area contributed by atoms with Gasteiger partial charge in [-0.05, 0) is 74.6 Å². The number of ether oxygens (including phenoxy) is 1. The summed E-state index contributed by atoms with van der Waals surface area (Å²) in [5.41, 5.74) is 3.14. The summed E-state index contributed by atoms with van der Waals surface area (Å²) in [5.74, 6) is 1.75. The Balaban J connectivity index is 0.00000100. The van der Waals surface area contributed by atoms with Crippen molar-refractivity contribution in [3.05, 3.63) is 48.0 Å². The van der Waals surface area contributed by atoms with Gasteiger partial charge in [0.25, 0.3) is 0 Å². The van der Waals surface area contributed by atoms with Crippen molar-refractivity contribution in [1.82, 2.24) is 0 Å². The molecule has 1 heterocycles. The summed E-state index contributed by atoms with van der Waals surface area (Å²) in [4.78, 5) is 24.2. The van der Waals surface area contributed by atoms with E-state index in [9.17, 15) is 14.9 Å². The molecule has 0 saturated carbocycles. The van der Waals surface area contributed by atoms with Gasteiger partial charge >= 0.3 is 0 Å². The van der Waals surface area contributed by atoms with Crippen LogP contribution in [0.5, 0.6) is 5.75 Å². The van der Waals surface area contributed by atoms with Gasteiger partial charge in [-0.25, -0.2) is 0 Å². The van der Waals surface area contributed by atoms with Crippen LogP contribution >= 0.6 is 0 Å². The maximum atomic E-state index is 12.3. The highest BCUT2D eigenvalue weighted by Gasteiger charge is 2.21. The normalized spacial score (nSPS) is 14.5. The summed E-state index contributed by atoms with van der Waals surface area (Å²) in [5, 5.41) is 15.4. The van der Waals surface area contributed by atoms with Gasteiger partial charge in [-0.3, -0.25) is 4.79 Å². The van der Waals surface area contributed by atoms with E-state index in [0.29, 0.717) is 29.5 Å². The first kappa shape index (κ1) is 27.7. The van der Waals surface area contributed by atoms with Gasteiger partial charge in [0.1, 0.15) is 17.6 Å². The van der Waals surface area contributed by atoms with Crippen LogP contribution in [0.3, 0.4) is 0 Å². The maximum absolute atomic E-state index is 12.3. The third kappa shape index (κ3) is 9.70. The largest absolute Gasteiger partial charge is 0.492 e. The van der Waals surface area contributed by atoms with Crippen LogP contribution in [0.25, 0.3) is 0 Å². The number of hydrogen-bond donors (Lipinski definition) is 2. The van der Waals surface area contributed by atoms with Crippen LogP contribution in [0.1, 0.15) is 53.0 Å². The number of nitriles is 1. The quantitative estimate of drug-likeness (QED) is 0.496. The first-order valence-electron chi connectivity index (χ1n) is 12.2. The van der Waals surface area contributed by atoms with E-state index in [1.54, 1.807) is 12.1 Å². The monoisotopic (exact) mass is 478 g/mol. The minimum atomic E-state index is -0.140. The van der Waals surface area contributed by atoms with Crippen molar-refractivity contribution in [2.75, 3.05) is 41.8 Å². The third-order valence-corrected chi connectivity index (χ3v) is 5.50. The van der Waals surface area contributed by atoms with Crippen LogP contribution in [0, 0.1) is 23.2 Å². The summed E-state index contributed by atoms with van der Waals surface area (Å²) in [7, 11) is 0. The average Bonchev–Trinajstić information content (AvgIpc) is 3.31. The molecule has 1 fully saturated rings. The number of carbonyl (C=O) groups excluding carboxylic acids is 2. The van der Waals surface area contributed by atoms with Gasteiger partial charge in [0.2, 0.25) is 5.91 Å². The molecule has 1 unspecified atom stereocenters. The zero-order valence-corrected chi connectivity index (χ0v) is 21.6. The van der Waals surface area contributed by atoms with Crippen LogP contribution in [0.15, 0.2) is 42.5 Å². The van der Waals surface area contributed by atoms with Gasteiger partial charge < -0.3 is 25.1 Å². The van der Waals surface area contributed by atoms with Gasteiger partial charge in [-0.1, -0.05) is 27.2 Å². The second-order valence-electron chi connectivity index (χ2n) is 9.39. The number of nitrogens with zero attached hydrogens (tertiary/aromatic N) is 2. The molecule has 1 atom stereocenters. The Hall–Kier alpha value is -3.53. The van der Waals surface area contributed by atoms with Gasteiger partial charge in [-0.2, -0.15) is 5.26 Å². The minimum absolute atomic E-state index is 0.114. The van der Waals surface area contributed by atoms with E-state index in [-0.39, 0.29) is 18.2 Å². The van der Waals surface area contributed by atoms with E-state index < -0.39 is 0 Å². The minimum Gasteiger partial charge on any atom is -0.492 e. The molecule has 2 aromatic carbocycles. The van der Waals surface area contributed by atoms with Gasteiger partial charge in [0.15, 0.2) is 0 Å². The van der Waals surface area contributed by atoms with Gasteiger partial charge in [0, 0.05) is 30.2 Å². The smallest absolute Gasteiger partial charge is 0.243 e. The topological polar surface area (TPSA) is 94.5 Å². The van der Waals surface area contributed by atoms with Crippen molar-refractivity contribution < 1.29 is 14.3 Å². The van der Waals surface area contributed by atoms with Crippen molar-refractivity contribution in [3.63, 3.8) is 0 Å². The molecule has 7 nitrogen and oxygen atoms in total. The average molecular weight is 479 g/mol. The van der Waals surface area contributed by atoms with E-state index >= 15 is 0 Å². The Labute approximate surface area is 209 Å². The zero-order chi connectivity index (χ0) is 25.8. The van der Waals surface area contributed by atoms with Crippen molar-refractivity contribution in [2.24, 2.45) is 11.8 Å². The number of Topliss-reactive ketones (excluding diaryl/α,β-unsaturated/α-hetero) is 1. The fourth-order valence-corrected chi connectivity index (χ4v) is 3.65. The Morgan fingerprint density at radius 2 is 1.80 bits per heavy atom. The van der Waals surface area contributed by atoms with Gasteiger partial charge in [-0.15, -0.1) is 0 Å². The van der Waals surface area contributed by atoms with Crippen LogP contribution < -0.4 is 20.3 Å². The molecule has 1 aliphatic heterocycles. The molecule has 1 aliphatic rings. The highest BCUT2D eigenvalue weighted by Crippen LogP contribution is 2.26. The molecular weight excluding hydrogens is 440 g/mol. The lowest BCUT2D eigenvalue weighted by Crippen LogP contribution is -2.22. The van der Waals surface area contributed by atoms with Gasteiger partial charge in [0.05, 0.1) is 18.7 Å². The molecule has 3 rings (SSSR count). The Morgan fingerprint density at radius 1 is 1.14 bits per heavy atom. The summed E-state index contributed by atoms with van der Waals surface area (Å²) >= 11 is 0. The second-order valence-corrected chi connectivity index (χ2v) is 9.39. The van der Waals surface area contributed by atoms with Crippen molar-refractivity contribution in [2.45, 2.75) is 47.5 Å². The lowest BCUT2D eigenvalue weighted by Gasteiger charge is -2.19. The lowest BCUT2D eigenvalue weighted by molar-refractivity contribution is -0.115. The van der Waals surface area contributed by atoms with Crippen molar-refractivity contribution >= 4 is 28.8 Å². The number of anilines is 3. The van der Waals surface area contributed by atoms with E-state index in [1.165, 1.54) is 32.4 Å². The summed E-state index contributed by atoms with van der Waals surface area (Å²) in [6.07, 6.45) is 2.47. The second kappa shape index (κ2) is 14.0. The number of hydrogen-bond acceptors (Lipinski definition) is 6. The highest BCUT2D eigenvalue weighted by molar-refractivity contribution is 5.94. The SMILES string of the molecule is CC(C)=O.CCC1CCN(c2ccc(NC(=O)CNc3ccc(OCC(C)C)c(C#N)c3)cc2)C1. The molecule has 0 radical (unpaired) electrons. The summed E-state index contributed by atoms with van der Waals surface area (Å²) < 4.78 is 5.67. The number of rotatable bonds is 9. The maximum Gasteiger partial charge on any atom is 0.243 e. The fourth-order valence-electron chi connectivity index (χ4n) is 3.65. The standard InChI is InChI=1S/C25H32N4O2.C3H6O/c1-4-19-11-12-29(16-19)23-8-5-21(6-9-23)28-25(30)15-27-22-7-10-24(20(13-22)14-26)31-17-18(2)3;1-3(2)4/h5-10,13,18-19,27H,4,11-12,15-17H2,1-3H3,(H,28,30);1-2H3. The molecule has 0 spiro atoms. The first-order valence-corrected chi connectivity index (χ1v) is 12.2. The molecular formula is C28H38N4O3. The third-order valence-electron chi connectivity index (χ3n) is 5.50. The molecule has 7 heteroatoms. The molecule has 0 bridgehead atoms. The first-order chi connectivity index (χ1) is 16.7. The van der Waals surface area contributed by atoms with Crippen molar-refractivity contribution in [3.8, 4) is 11.8 Å². The number of ketones is 1. The Bertz CT molecular complexity index is 1010. The molecule has 0 aromatic heterocycles. The van der Waals surface area contributed by atoms with E-state index in [4.69, 9.17) is 4.74 Å². The predicted octanol–water partition coefficient (Wildman–Crippen LogP) is 5.48. The van der Waals surface area contributed by atoms with Crippen molar-refractivity contribution in [1.29, 1.82) is 5.26 Å². The molecule has 1 saturated heterocycles. The molecule has 2 N–H and O–H groups in total. The molecule has 2 aromatic rings. The van der Waals surface area contributed by atoms with E-state index in [2.05, 4.69) is 54.5 Å². The molecule has 188 valence electrons. The number of amides is 1. The van der Waals surface area contributed by atoms with Crippen LogP contribution in [0.2, 0.25) is 0 Å². The fraction of sp³-hybridized carbons (Fsp3) is 0.464. The summed E-state index contributed by atoms with van der Waals surface area (Å²) in [6, 6.07) is 15.5. The van der Waals surface area contributed by atoms with Crippen LogP contribution in [0.4, 0.5) is 17.1 Å². The molecule has 35 heavy (non-hydrogen) atoms. The van der Waals surface area contributed by atoms with Crippen LogP contribution in [-0.2, 0) is 9.59 Å². The molecule has 1 amide bonds. The Morgan fingerprint density at radius 3 is 2.37 bits per heavy atom. The Kier molecular flexibility index (Phi) is 11.1. The number of nitrogens with one attached hydrogen (secondary N) is 2. The molecule has 0 aliphatic carbocycles. The number of carbonyl (C=O) groups is 2. The number of benzene rings is 2.